The van der Waals surface area contributed by atoms with E-state index in [-0.39, 0.29) is 5.97 Å². The van der Waals surface area contributed by atoms with E-state index in [1.165, 1.54) is 0 Å². The Morgan fingerprint density at radius 1 is 1.41 bits per heavy atom. The van der Waals surface area contributed by atoms with E-state index in [1.54, 1.807) is 20.1 Å². The molecule has 0 saturated heterocycles. The van der Waals surface area contributed by atoms with E-state index in [1.807, 2.05) is 29.9 Å². The van der Waals surface area contributed by atoms with Gasteiger partial charge in [0.1, 0.15) is 5.75 Å². The number of aryl methyl sites for hydroxylation is 1. The molecule has 1 aromatic heterocycles. The molecule has 0 saturated carbocycles. The third-order valence-electron chi connectivity index (χ3n) is 2.70. The Labute approximate surface area is 99.7 Å². The molecule has 0 amide bonds. The number of aromatic nitrogens is 1. The quantitative estimate of drug-likeness (QED) is 0.764. The molecule has 0 bridgehead atoms. The lowest BCUT2D eigenvalue weighted by molar-refractivity contribution is 0.0526. The second kappa shape index (κ2) is 4.49. The van der Waals surface area contributed by atoms with E-state index < -0.39 is 0 Å². The summed E-state index contributed by atoms with van der Waals surface area (Å²) in [6, 6.07) is 5.49. The number of hydrogen-bond donors (Lipinski definition) is 0. The molecule has 0 N–H and O–H groups in total. The van der Waals surface area contributed by atoms with E-state index in [0.717, 1.165) is 10.9 Å². The topological polar surface area (TPSA) is 40.5 Å². The summed E-state index contributed by atoms with van der Waals surface area (Å²) >= 11 is 0. The smallest absolute Gasteiger partial charge is 0.338 e. The van der Waals surface area contributed by atoms with Gasteiger partial charge in [-0.1, -0.05) is 0 Å². The van der Waals surface area contributed by atoms with Crippen molar-refractivity contribution in [3.05, 3.63) is 30.0 Å². The molecule has 1 heterocycles. The monoisotopic (exact) mass is 233 g/mol. The van der Waals surface area contributed by atoms with Gasteiger partial charge in [-0.3, -0.25) is 0 Å². The molecule has 0 aliphatic carbocycles. The van der Waals surface area contributed by atoms with Gasteiger partial charge in [0, 0.05) is 18.6 Å². The molecule has 90 valence electrons. The number of carbonyl (C=O) groups excluding carboxylic acids is 1. The molecule has 0 unspecified atom stereocenters. The molecule has 0 aliphatic heterocycles. The molecular formula is C13H15NO3. The minimum absolute atomic E-state index is 0.325. The van der Waals surface area contributed by atoms with Crippen LogP contribution in [0.4, 0.5) is 0 Å². The average molecular weight is 233 g/mol. The maximum Gasteiger partial charge on any atom is 0.338 e. The Balaban J connectivity index is 2.58. The second-order valence-corrected chi connectivity index (χ2v) is 3.76. The zero-order valence-electron chi connectivity index (χ0n) is 10.2. The van der Waals surface area contributed by atoms with E-state index in [9.17, 15) is 4.79 Å². The number of rotatable bonds is 3. The van der Waals surface area contributed by atoms with Crippen molar-refractivity contribution in [3.8, 4) is 5.75 Å². The van der Waals surface area contributed by atoms with Gasteiger partial charge in [0.05, 0.1) is 24.8 Å². The number of methoxy groups -OCH3 is 1. The highest BCUT2D eigenvalue weighted by Gasteiger charge is 2.13. The Morgan fingerprint density at radius 2 is 2.18 bits per heavy atom. The molecule has 4 nitrogen and oxygen atoms in total. The molecule has 2 rings (SSSR count). The van der Waals surface area contributed by atoms with Gasteiger partial charge in [-0.15, -0.1) is 0 Å². The molecular weight excluding hydrogens is 218 g/mol. The highest BCUT2D eigenvalue weighted by atomic mass is 16.5. The fraction of sp³-hybridized carbons (Fsp3) is 0.308. The molecule has 17 heavy (non-hydrogen) atoms. The highest BCUT2D eigenvalue weighted by Crippen LogP contribution is 2.28. The van der Waals surface area contributed by atoms with E-state index in [0.29, 0.717) is 17.9 Å². The Hall–Kier alpha value is -1.97. The third kappa shape index (κ3) is 1.98. The Morgan fingerprint density at radius 3 is 2.82 bits per heavy atom. The molecule has 2 aromatic rings. The predicted octanol–water partition coefficient (Wildman–Crippen LogP) is 2.36. The lowest BCUT2D eigenvalue weighted by Crippen LogP contribution is -2.05. The molecule has 0 fully saturated rings. The summed E-state index contributed by atoms with van der Waals surface area (Å²) < 4.78 is 12.2. The standard InChI is InChI=1S/C13H15NO3/c1-4-17-13(15)9-7-11-10(5-6-14(11)2)12(8-9)16-3/h5-8H,4H2,1-3H3. The van der Waals surface area contributed by atoms with Gasteiger partial charge in [-0.25, -0.2) is 4.79 Å². The zero-order chi connectivity index (χ0) is 12.4. The minimum atomic E-state index is -0.325. The van der Waals surface area contributed by atoms with Crippen molar-refractivity contribution in [2.24, 2.45) is 7.05 Å². The second-order valence-electron chi connectivity index (χ2n) is 3.76. The summed E-state index contributed by atoms with van der Waals surface area (Å²) in [7, 11) is 3.52. The number of fused-ring (bicyclic) bond motifs is 1. The van der Waals surface area contributed by atoms with Crippen LogP contribution >= 0.6 is 0 Å². The van der Waals surface area contributed by atoms with Gasteiger partial charge < -0.3 is 14.0 Å². The van der Waals surface area contributed by atoms with Crippen molar-refractivity contribution in [2.75, 3.05) is 13.7 Å². The van der Waals surface area contributed by atoms with Crippen LogP contribution in [0.5, 0.6) is 5.75 Å². The first kappa shape index (κ1) is 11.5. The highest BCUT2D eigenvalue weighted by molar-refractivity contribution is 5.97. The largest absolute Gasteiger partial charge is 0.496 e. The van der Waals surface area contributed by atoms with Crippen LogP contribution < -0.4 is 4.74 Å². The lowest BCUT2D eigenvalue weighted by atomic mass is 10.1. The van der Waals surface area contributed by atoms with Gasteiger partial charge in [-0.2, -0.15) is 0 Å². The third-order valence-corrected chi connectivity index (χ3v) is 2.70. The van der Waals surface area contributed by atoms with Gasteiger partial charge in [0.25, 0.3) is 0 Å². The van der Waals surface area contributed by atoms with Crippen LogP contribution in [-0.2, 0) is 11.8 Å². The summed E-state index contributed by atoms with van der Waals surface area (Å²) in [5.41, 5.74) is 1.46. The molecule has 4 heteroatoms. The number of nitrogens with zero attached hydrogens (tertiary/aromatic N) is 1. The van der Waals surface area contributed by atoms with E-state index in [2.05, 4.69) is 0 Å². The Kier molecular flexibility index (Phi) is 3.04. The fourth-order valence-electron chi connectivity index (χ4n) is 1.84. The summed E-state index contributed by atoms with van der Waals surface area (Å²) in [6.45, 7) is 2.16. The van der Waals surface area contributed by atoms with Crippen LogP contribution in [0.2, 0.25) is 0 Å². The lowest BCUT2D eigenvalue weighted by Gasteiger charge is -2.07. The van der Waals surface area contributed by atoms with Gasteiger partial charge >= 0.3 is 5.97 Å². The van der Waals surface area contributed by atoms with Crippen molar-refractivity contribution in [3.63, 3.8) is 0 Å². The number of hydrogen-bond acceptors (Lipinski definition) is 3. The Bertz CT molecular complexity index is 557. The summed E-state index contributed by atoms with van der Waals surface area (Å²) in [5, 5.41) is 0.989. The maximum atomic E-state index is 11.7. The molecule has 0 spiro atoms. The summed E-state index contributed by atoms with van der Waals surface area (Å²) in [4.78, 5) is 11.7. The number of esters is 1. The van der Waals surface area contributed by atoms with Gasteiger partial charge in [-0.05, 0) is 25.1 Å². The normalized spacial score (nSPS) is 10.5. The number of carbonyl (C=O) groups is 1. The van der Waals surface area contributed by atoms with Crippen LogP contribution in [-0.4, -0.2) is 24.3 Å². The van der Waals surface area contributed by atoms with Crippen molar-refractivity contribution < 1.29 is 14.3 Å². The van der Waals surface area contributed by atoms with Crippen LogP contribution in [0.15, 0.2) is 24.4 Å². The van der Waals surface area contributed by atoms with Crippen molar-refractivity contribution >= 4 is 16.9 Å². The summed E-state index contributed by atoms with van der Waals surface area (Å²) in [6.07, 6.45) is 1.93. The minimum Gasteiger partial charge on any atom is -0.496 e. The van der Waals surface area contributed by atoms with Crippen molar-refractivity contribution in [1.29, 1.82) is 0 Å². The van der Waals surface area contributed by atoms with Gasteiger partial charge in [0.15, 0.2) is 0 Å². The van der Waals surface area contributed by atoms with E-state index in [4.69, 9.17) is 9.47 Å². The van der Waals surface area contributed by atoms with Crippen LogP contribution in [0.1, 0.15) is 17.3 Å². The first-order chi connectivity index (χ1) is 8.17. The van der Waals surface area contributed by atoms with Crippen molar-refractivity contribution in [2.45, 2.75) is 6.92 Å². The first-order valence-electron chi connectivity index (χ1n) is 5.47. The van der Waals surface area contributed by atoms with Crippen LogP contribution in [0, 0.1) is 0 Å². The van der Waals surface area contributed by atoms with Crippen LogP contribution in [0.25, 0.3) is 10.9 Å². The summed E-state index contributed by atoms with van der Waals surface area (Å²) in [5.74, 6) is 0.361. The number of benzene rings is 1. The fourth-order valence-corrected chi connectivity index (χ4v) is 1.84. The number of ether oxygens (including phenoxy) is 2. The molecule has 1 aromatic carbocycles. The average Bonchev–Trinajstić information content (AvgIpc) is 2.70. The van der Waals surface area contributed by atoms with Crippen LogP contribution in [0.3, 0.4) is 0 Å². The van der Waals surface area contributed by atoms with E-state index >= 15 is 0 Å². The first-order valence-corrected chi connectivity index (χ1v) is 5.47. The predicted molar refractivity (Wildman–Crippen MR) is 65.4 cm³/mol. The SMILES string of the molecule is CCOC(=O)c1cc(OC)c2ccn(C)c2c1. The maximum absolute atomic E-state index is 11.7. The molecule has 0 radical (unpaired) electrons. The molecule has 0 aliphatic rings. The zero-order valence-corrected chi connectivity index (χ0v) is 10.2. The van der Waals surface area contributed by atoms with Gasteiger partial charge in [0.2, 0.25) is 0 Å². The van der Waals surface area contributed by atoms with Crippen molar-refractivity contribution in [1.82, 2.24) is 4.57 Å². The molecule has 0 atom stereocenters.